The van der Waals surface area contributed by atoms with Crippen LogP contribution in [0, 0.1) is 0 Å². The topological polar surface area (TPSA) is 16.4 Å². The smallest absolute Gasteiger partial charge is 0.136 e. The highest BCUT2D eigenvalue weighted by Gasteiger charge is 2.21. The first-order valence-electron chi connectivity index (χ1n) is 19.8. The number of hydrogen-bond donors (Lipinski definition) is 0. The number of rotatable bonds is 7. The molecule has 272 valence electrons. The summed E-state index contributed by atoms with van der Waals surface area (Å²) in [7, 11) is 0. The zero-order valence-corrected chi connectivity index (χ0v) is 31.7. The highest BCUT2D eigenvalue weighted by atomic mass is 16.3. The summed E-state index contributed by atoms with van der Waals surface area (Å²) in [5, 5.41) is 7.15. The Morgan fingerprint density at radius 1 is 0.276 bits per heavy atom. The molecule has 0 N–H and O–H groups in total. The third-order valence-corrected chi connectivity index (χ3v) is 11.5. The first-order chi connectivity index (χ1) is 28.7. The average molecular weight is 740 g/mol. The molecule has 11 rings (SSSR count). The normalized spacial score (nSPS) is 11.4. The minimum atomic E-state index is 0.865. The molecule has 0 amide bonds. The van der Waals surface area contributed by atoms with Gasteiger partial charge in [-0.05, 0) is 103 Å². The summed E-state index contributed by atoms with van der Waals surface area (Å²) in [6.45, 7) is 0. The highest BCUT2D eigenvalue weighted by Crippen LogP contribution is 2.46. The number of hydrogen-bond acceptors (Lipinski definition) is 2. The van der Waals surface area contributed by atoms with Crippen molar-refractivity contribution < 1.29 is 4.42 Å². The second-order valence-corrected chi connectivity index (χ2v) is 14.9. The maximum atomic E-state index is 6.53. The summed E-state index contributed by atoms with van der Waals surface area (Å²) < 4.78 is 6.53. The van der Waals surface area contributed by atoms with Crippen LogP contribution in [0.3, 0.4) is 0 Å². The Balaban J connectivity index is 1.11. The molecule has 0 aliphatic rings. The third kappa shape index (κ3) is 5.91. The fourth-order valence-electron chi connectivity index (χ4n) is 8.61. The summed E-state index contributed by atoms with van der Waals surface area (Å²) in [6.07, 6.45) is 0. The quantitative estimate of drug-likeness (QED) is 0.162. The van der Waals surface area contributed by atoms with Crippen LogP contribution in [0.5, 0.6) is 0 Å². The minimum absolute atomic E-state index is 0.865. The number of nitrogens with zero attached hydrogens (tertiary/aromatic N) is 1. The second kappa shape index (κ2) is 14.1. The SMILES string of the molecule is c1ccc(-c2ccc(-c3cc4oc5ccccc5c4cc3N(c3ccc(-c4cccc5ccccc45)cc3)c3ccc(-c4cccc5ccccc45)cc3)cc2)cc1. The Kier molecular flexibility index (Phi) is 8.19. The van der Waals surface area contributed by atoms with Crippen LogP contribution in [0.2, 0.25) is 0 Å². The van der Waals surface area contributed by atoms with Crippen molar-refractivity contribution in [3.63, 3.8) is 0 Å². The van der Waals surface area contributed by atoms with Gasteiger partial charge >= 0.3 is 0 Å². The molecular formula is C56H37NO. The lowest BCUT2D eigenvalue weighted by Crippen LogP contribution is -2.11. The van der Waals surface area contributed by atoms with Gasteiger partial charge < -0.3 is 9.32 Å². The van der Waals surface area contributed by atoms with Crippen molar-refractivity contribution in [3.05, 3.63) is 224 Å². The fraction of sp³-hybridized carbons (Fsp3) is 0. The van der Waals surface area contributed by atoms with Crippen LogP contribution in [0.15, 0.2) is 229 Å². The van der Waals surface area contributed by atoms with Gasteiger partial charge in [0, 0.05) is 27.7 Å². The Morgan fingerprint density at radius 3 is 1.33 bits per heavy atom. The molecule has 11 aromatic rings. The van der Waals surface area contributed by atoms with Crippen LogP contribution in [0.25, 0.3) is 88.0 Å². The highest BCUT2D eigenvalue weighted by molar-refractivity contribution is 6.09. The van der Waals surface area contributed by atoms with Crippen molar-refractivity contribution in [3.8, 4) is 44.5 Å². The van der Waals surface area contributed by atoms with E-state index in [0.29, 0.717) is 0 Å². The van der Waals surface area contributed by atoms with Crippen LogP contribution in [-0.2, 0) is 0 Å². The van der Waals surface area contributed by atoms with Gasteiger partial charge in [-0.1, -0.05) is 182 Å². The monoisotopic (exact) mass is 739 g/mol. The van der Waals surface area contributed by atoms with E-state index in [4.69, 9.17) is 4.42 Å². The van der Waals surface area contributed by atoms with Crippen molar-refractivity contribution in [2.24, 2.45) is 0 Å². The van der Waals surface area contributed by atoms with Crippen LogP contribution in [-0.4, -0.2) is 0 Å². The van der Waals surface area contributed by atoms with Gasteiger partial charge in [-0.2, -0.15) is 0 Å². The van der Waals surface area contributed by atoms with Crippen molar-refractivity contribution >= 4 is 60.5 Å². The van der Waals surface area contributed by atoms with E-state index in [-0.39, 0.29) is 0 Å². The van der Waals surface area contributed by atoms with E-state index >= 15 is 0 Å². The molecule has 0 saturated carbocycles. The summed E-state index contributed by atoms with van der Waals surface area (Å²) in [5.74, 6) is 0. The predicted molar refractivity (Wildman–Crippen MR) is 245 cm³/mol. The number of furan rings is 1. The van der Waals surface area contributed by atoms with E-state index in [1.54, 1.807) is 0 Å². The fourth-order valence-corrected chi connectivity index (χ4v) is 8.61. The molecule has 0 spiro atoms. The van der Waals surface area contributed by atoms with Gasteiger partial charge in [0.25, 0.3) is 0 Å². The standard InChI is InChI=1S/C56H37NO/c1-2-12-38(13-3-1)39-24-26-44(27-25-39)52-37-56-53(51-20-8-9-23-55(51)58-56)36-54(52)57(45-32-28-42(29-33-45)49-21-10-16-40-14-4-6-18-47(40)49)46-34-30-43(31-35-46)50-22-11-17-41-15-5-7-19-48(41)50/h1-37H. The number of benzene rings is 10. The molecule has 10 aromatic carbocycles. The van der Waals surface area contributed by atoms with Crippen LogP contribution in [0.1, 0.15) is 0 Å². The second-order valence-electron chi connectivity index (χ2n) is 14.9. The van der Waals surface area contributed by atoms with Gasteiger partial charge in [0.05, 0.1) is 5.69 Å². The molecule has 0 unspecified atom stereocenters. The number of fused-ring (bicyclic) bond motifs is 5. The molecule has 2 nitrogen and oxygen atoms in total. The summed E-state index contributed by atoms with van der Waals surface area (Å²) >= 11 is 0. The Bertz CT molecular complexity index is 3120. The zero-order valence-electron chi connectivity index (χ0n) is 31.7. The van der Waals surface area contributed by atoms with Gasteiger partial charge in [-0.25, -0.2) is 0 Å². The van der Waals surface area contributed by atoms with E-state index in [0.717, 1.165) is 50.1 Å². The first-order valence-corrected chi connectivity index (χ1v) is 19.8. The molecule has 0 atom stereocenters. The minimum Gasteiger partial charge on any atom is -0.456 e. The van der Waals surface area contributed by atoms with Crippen molar-refractivity contribution in [1.29, 1.82) is 0 Å². The molecule has 0 aliphatic carbocycles. The molecule has 1 aromatic heterocycles. The Labute approximate surface area is 337 Å². The van der Waals surface area contributed by atoms with Crippen LogP contribution < -0.4 is 4.90 Å². The van der Waals surface area contributed by atoms with Crippen molar-refractivity contribution in [1.82, 2.24) is 0 Å². The summed E-state index contributed by atoms with van der Waals surface area (Å²) in [4.78, 5) is 2.40. The lowest BCUT2D eigenvalue weighted by atomic mass is 9.95. The molecule has 2 heteroatoms. The Hall–Kier alpha value is -7.68. The largest absolute Gasteiger partial charge is 0.456 e. The van der Waals surface area contributed by atoms with Gasteiger partial charge in [-0.15, -0.1) is 0 Å². The average Bonchev–Trinajstić information content (AvgIpc) is 3.67. The van der Waals surface area contributed by atoms with Crippen LogP contribution in [0.4, 0.5) is 17.1 Å². The maximum Gasteiger partial charge on any atom is 0.136 e. The Morgan fingerprint density at radius 2 is 0.724 bits per heavy atom. The van der Waals surface area contributed by atoms with Gasteiger partial charge in [0.15, 0.2) is 0 Å². The molecule has 58 heavy (non-hydrogen) atoms. The lowest BCUT2D eigenvalue weighted by molar-refractivity contribution is 0.669. The van der Waals surface area contributed by atoms with Crippen molar-refractivity contribution in [2.75, 3.05) is 4.90 Å². The lowest BCUT2D eigenvalue weighted by Gasteiger charge is -2.28. The predicted octanol–water partition coefficient (Wildman–Crippen LogP) is 16.0. The molecule has 0 bridgehead atoms. The van der Waals surface area contributed by atoms with E-state index in [2.05, 4.69) is 223 Å². The number of anilines is 3. The summed E-state index contributed by atoms with van der Waals surface area (Å²) in [5.41, 5.74) is 14.3. The third-order valence-electron chi connectivity index (χ3n) is 11.5. The molecule has 1 heterocycles. The molecule has 0 aliphatic heterocycles. The summed E-state index contributed by atoms with van der Waals surface area (Å²) in [6, 6.07) is 80.7. The van der Waals surface area contributed by atoms with E-state index in [1.165, 1.54) is 54.9 Å². The van der Waals surface area contributed by atoms with E-state index in [1.807, 2.05) is 6.07 Å². The van der Waals surface area contributed by atoms with Gasteiger partial charge in [-0.3, -0.25) is 0 Å². The molecule has 0 saturated heterocycles. The molecule has 0 radical (unpaired) electrons. The molecule has 0 fully saturated rings. The maximum absolute atomic E-state index is 6.53. The molecular weight excluding hydrogens is 703 g/mol. The van der Waals surface area contributed by atoms with E-state index in [9.17, 15) is 0 Å². The number of para-hydroxylation sites is 1. The van der Waals surface area contributed by atoms with Crippen molar-refractivity contribution in [2.45, 2.75) is 0 Å². The van der Waals surface area contributed by atoms with E-state index < -0.39 is 0 Å². The van der Waals surface area contributed by atoms with Gasteiger partial charge in [0.1, 0.15) is 11.2 Å². The zero-order chi connectivity index (χ0) is 38.4. The van der Waals surface area contributed by atoms with Gasteiger partial charge in [0.2, 0.25) is 0 Å². The van der Waals surface area contributed by atoms with Crippen LogP contribution >= 0.6 is 0 Å². The first kappa shape index (κ1) is 33.6.